The van der Waals surface area contributed by atoms with Gasteiger partial charge in [-0.15, -0.1) is 0 Å². The third-order valence-corrected chi connectivity index (χ3v) is 4.83. The highest BCUT2D eigenvalue weighted by molar-refractivity contribution is 5.92. The summed E-state index contributed by atoms with van der Waals surface area (Å²) in [5.41, 5.74) is 0.157. The van der Waals surface area contributed by atoms with E-state index in [-0.39, 0.29) is 11.6 Å². The van der Waals surface area contributed by atoms with Crippen LogP contribution in [0.2, 0.25) is 0 Å². The van der Waals surface area contributed by atoms with Gasteiger partial charge in [-0.3, -0.25) is 14.3 Å². The van der Waals surface area contributed by atoms with Crippen LogP contribution in [-0.4, -0.2) is 74.6 Å². The van der Waals surface area contributed by atoms with Gasteiger partial charge in [0.1, 0.15) is 5.82 Å². The van der Waals surface area contributed by atoms with Crippen molar-refractivity contribution in [3.05, 3.63) is 33.8 Å². The third kappa shape index (κ3) is 3.29. The van der Waals surface area contributed by atoms with Crippen molar-refractivity contribution in [2.45, 2.75) is 19.5 Å². The van der Waals surface area contributed by atoms with Crippen LogP contribution in [-0.2, 0) is 31.3 Å². The molecule has 140 valence electrons. The summed E-state index contributed by atoms with van der Waals surface area (Å²) in [6, 6.07) is 1.71. The second kappa shape index (κ2) is 7.04. The highest BCUT2D eigenvalue weighted by atomic mass is 16.5. The first kappa shape index (κ1) is 17.0. The van der Waals surface area contributed by atoms with Gasteiger partial charge >= 0.3 is 5.69 Å². The molecule has 0 unspecified atom stereocenters. The van der Waals surface area contributed by atoms with Crippen LogP contribution in [0.5, 0.6) is 0 Å². The van der Waals surface area contributed by atoms with Crippen LogP contribution in [0.3, 0.4) is 0 Å². The Bertz CT molecular complexity index is 847. The molecule has 1 amide bonds. The van der Waals surface area contributed by atoms with Crippen LogP contribution in [0, 0.1) is 0 Å². The minimum atomic E-state index is -0.176. The summed E-state index contributed by atoms with van der Waals surface area (Å²) < 4.78 is 13.6. The third-order valence-electron chi connectivity index (χ3n) is 4.83. The van der Waals surface area contributed by atoms with Crippen LogP contribution < -0.4 is 5.69 Å². The van der Waals surface area contributed by atoms with Crippen molar-refractivity contribution < 1.29 is 14.1 Å². The Labute approximate surface area is 149 Å². The summed E-state index contributed by atoms with van der Waals surface area (Å²) in [7, 11) is 1.64. The molecule has 2 aliphatic heterocycles. The maximum Gasteiger partial charge on any atom is 0.345 e. The van der Waals surface area contributed by atoms with Gasteiger partial charge < -0.3 is 14.2 Å². The largest absolute Gasteiger partial charge is 0.379 e. The number of amides is 1. The van der Waals surface area contributed by atoms with Gasteiger partial charge in [-0.05, 0) is 0 Å². The monoisotopic (exact) mass is 362 g/mol. The maximum absolute atomic E-state index is 12.7. The summed E-state index contributed by atoms with van der Waals surface area (Å²) in [4.78, 5) is 28.7. The van der Waals surface area contributed by atoms with Crippen LogP contribution in [0.1, 0.15) is 22.1 Å². The van der Waals surface area contributed by atoms with Crippen molar-refractivity contribution in [2.24, 2.45) is 7.05 Å². The summed E-state index contributed by atoms with van der Waals surface area (Å²) in [5, 5.41) is 8.17. The highest BCUT2D eigenvalue weighted by Gasteiger charge is 2.25. The second-order valence-electron chi connectivity index (χ2n) is 6.58. The van der Waals surface area contributed by atoms with E-state index in [2.05, 4.69) is 15.2 Å². The first-order valence-corrected chi connectivity index (χ1v) is 8.79. The van der Waals surface area contributed by atoms with E-state index >= 15 is 0 Å². The van der Waals surface area contributed by atoms with E-state index in [0.717, 1.165) is 13.1 Å². The molecule has 10 heteroatoms. The minimum Gasteiger partial charge on any atom is -0.379 e. The van der Waals surface area contributed by atoms with E-state index in [0.29, 0.717) is 63.1 Å². The zero-order chi connectivity index (χ0) is 18.1. The van der Waals surface area contributed by atoms with Gasteiger partial charge in [0.15, 0.2) is 11.5 Å². The number of carbonyl (C=O) groups is 1. The fraction of sp³-hybridized carbons (Fsp3) is 0.625. The molecule has 1 saturated heterocycles. The number of aryl methyl sites for hydroxylation is 1. The van der Waals surface area contributed by atoms with Crippen molar-refractivity contribution in [1.82, 2.24) is 29.3 Å². The number of rotatable bonds is 3. The zero-order valence-electron chi connectivity index (χ0n) is 14.8. The molecule has 4 rings (SSSR count). The average Bonchev–Trinajstić information content (AvgIpc) is 3.14. The molecular formula is C16H22N6O4. The first-order chi connectivity index (χ1) is 12.6. The fourth-order valence-corrected chi connectivity index (χ4v) is 3.37. The molecule has 2 aliphatic rings. The predicted octanol–water partition coefficient (Wildman–Crippen LogP) is -0.899. The summed E-state index contributed by atoms with van der Waals surface area (Å²) in [6.45, 7) is 5.11. The highest BCUT2D eigenvalue weighted by Crippen LogP contribution is 2.13. The molecule has 0 bridgehead atoms. The molecule has 10 nitrogen and oxygen atoms in total. The Hall–Kier alpha value is -2.46. The number of hydrogen-bond donors (Lipinski definition) is 0. The van der Waals surface area contributed by atoms with Crippen molar-refractivity contribution in [2.75, 3.05) is 39.4 Å². The molecule has 0 spiro atoms. The van der Waals surface area contributed by atoms with E-state index < -0.39 is 0 Å². The van der Waals surface area contributed by atoms with Gasteiger partial charge in [-0.1, -0.05) is 5.16 Å². The van der Waals surface area contributed by atoms with E-state index in [1.165, 1.54) is 4.68 Å². The Kier molecular flexibility index (Phi) is 4.60. The molecule has 26 heavy (non-hydrogen) atoms. The van der Waals surface area contributed by atoms with Gasteiger partial charge in [0.05, 0.1) is 19.8 Å². The molecule has 0 aromatic carbocycles. The van der Waals surface area contributed by atoms with E-state index in [4.69, 9.17) is 9.26 Å². The van der Waals surface area contributed by atoms with Crippen LogP contribution in [0.25, 0.3) is 0 Å². The van der Waals surface area contributed by atoms with E-state index in [1.54, 1.807) is 22.6 Å². The lowest BCUT2D eigenvalue weighted by molar-refractivity contribution is 0.0305. The number of nitrogens with zero attached hydrogens (tertiary/aromatic N) is 6. The van der Waals surface area contributed by atoms with Gasteiger partial charge in [-0.25, -0.2) is 9.48 Å². The molecule has 0 radical (unpaired) electrons. The molecular weight excluding hydrogens is 340 g/mol. The van der Waals surface area contributed by atoms with Gasteiger partial charge in [0.2, 0.25) is 0 Å². The Balaban J connectivity index is 1.41. The predicted molar refractivity (Wildman–Crippen MR) is 89.7 cm³/mol. The normalized spacial score (nSPS) is 18.6. The standard InChI is InChI=1S/C16H22N6O4/c1-19-16(24)22-5-4-21(3-2-14(22)17-19)15(23)13-10-12(26-18-13)11-20-6-8-25-9-7-20/h10H,2-9,11H2,1H3. The summed E-state index contributed by atoms with van der Waals surface area (Å²) in [6.07, 6.45) is 0.542. The number of morpholine rings is 1. The molecule has 1 fully saturated rings. The molecule has 0 atom stereocenters. The molecule has 2 aromatic heterocycles. The summed E-state index contributed by atoms with van der Waals surface area (Å²) >= 11 is 0. The molecule has 2 aromatic rings. The zero-order valence-corrected chi connectivity index (χ0v) is 14.8. The molecule has 0 saturated carbocycles. The van der Waals surface area contributed by atoms with Crippen molar-refractivity contribution in [3.8, 4) is 0 Å². The number of carbonyl (C=O) groups excluding carboxylic acids is 1. The van der Waals surface area contributed by atoms with Gasteiger partial charge in [0.25, 0.3) is 5.91 Å². The molecule has 4 heterocycles. The van der Waals surface area contributed by atoms with Gasteiger partial charge in [0, 0.05) is 52.3 Å². The Morgan fingerprint density at radius 3 is 2.81 bits per heavy atom. The first-order valence-electron chi connectivity index (χ1n) is 8.79. The van der Waals surface area contributed by atoms with Gasteiger partial charge in [-0.2, -0.15) is 5.10 Å². The fourth-order valence-electron chi connectivity index (χ4n) is 3.37. The van der Waals surface area contributed by atoms with Crippen LogP contribution in [0.15, 0.2) is 15.4 Å². The summed E-state index contributed by atoms with van der Waals surface area (Å²) in [5.74, 6) is 1.21. The molecule has 0 aliphatic carbocycles. The lowest BCUT2D eigenvalue weighted by atomic mass is 10.3. The average molecular weight is 362 g/mol. The maximum atomic E-state index is 12.7. The van der Waals surface area contributed by atoms with Crippen molar-refractivity contribution in [3.63, 3.8) is 0 Å². The minimum absolute atomic E-state index is 0.150. The number of aromatic nitrogens is 4. The smallest absolute Gasteiger partial charge is 0.345 e. The number of hydrogen-bond acceptors (Lipinski definition) is 7. The Morgan fingerprint density at radius 2 is 2.00 bits per heavy atom. The van der Waals surface area contributed by atoms with Crippen molar-refractivity contribution in [1.29, 1.82) is 0 Å². The lowest BCUT2D eigenvalue weighted by Gasteiger charge is -2.25. The van der Waals surface area contributed by atoms with Crippen LogP contribution >= 0.6 is 0 Å². The van der Waals surface area contributed by atoms with E-state index in [1.807, 2.05) is 0 Å². The quantitative estimate of drug-likeness (QED) is 0.698. The van der Waals surface area contributed by atoms with Crippen molar-refractivity contribution >= 4 is 5.91 Å². The number of fused-ring (bicyclic) bond motifs is 1. The van der Waals surface area contributed by atoms with Crippen LogP contribution in [0.4, 0.5) is 0 Å². The number of ether oxygens (including phenoxy) is 1. The second-order valence-corrected chi connectivity index (χ2v) is 6.58. The Morgan fingerprint density at radius 1 is 1.19 bits per heavy atom. The lowest BCUT2D eigenvalue weighted by Crippen LogP contribution is -2.35. The SMILES string of the molecule is Cn1nc2n(c1=O)CCN(C(=O)c1cc(CN3CCOCC3)on1)CC2. The molecule has 0 N–H and O–H groups in total. The van der Waals surface area contributed by atoms with E-state index in [9.17, 15) is 9.59 Å². The topological polar surface area (TPSA) is 98.6 Å².